The van der Waals surface area contributed by atoms with Crippen molar-refractivity contribution in [2.24, 2.45) is 0 Å². The van der Waals surface area contributed by atoms with Crippen LogP contribution in [0.3, 0.4) is 0 Å². The Kier molecular flexibility index (Phi) is 5.54. The molecule has 0 N–H and O–H groups in total. The van der Waals surface area contributed by atoms with Crippen LogP contribution >= 0.6 is 46.4 Å². The predicted molar refractivity (Wildman–Crippen MR) is 121 cm³/mol. The second kappa shape index (κ2) is 7.82. The van der Waals surface area contributed by atoms with Gasteiger partial charge in [0.2, 0.25) is 9.84 Å². The minimum Gasteiger partial charge on any atom is -0.218 e. The van der Waals surface area contributed by atoms with Crippen molar-refractivity contribution in [3.8, 4) is 11.1 Å². The van der Waals surface area contributed by atoms with Gasteiger partial charge < -0.3 is 0 Å². The van der Waals surface area contributed by atoms with E-state index in [0.29, 0.717) is 36.6 Å². The van der Waals surface area contributed by atoms with Crippen molar-refractivity contribution in [3.63, 3.8) is 0 Å². The van der Waals surface area contributed by atoms with Crippen molar-refractivity contribution in [2.75, 3.05) is 0 Å². The molecule has 2 nitrogen and oxygen atoms in total. The summed E-state index contributed by atoms with van der Waals surface area (Å²) in [5, 5.41) is 3.14. The molecule has 0 saturated carbocycles. The van der Waals surface area contributed by atoms with Gasteiger partial charge in [0, 0.05) is 21.0 Å². The second-order valence-corrected chi connectivity index (χ2v) is 9.94. The van der Waals surface area contributed by atoms with Gasteiger partial charge in [0.1, 0.15) is 0 Å². The van der Waals surface area contributed by atoms with Gasteiger partial charge in [-0.25, -0.2) is 8.42 Å². The Bertz CT molecular complexity index is 1350. The molecule has 0 unspecified atom stereocenters. The van der Waals surface area contributed by atoms with E-state index in [1.54, 1.807) is 54.6 Å². The van der Waals surface area contributed by atoms with Crippen LogP contribution in [0.2, 0.25) is 20.1 Å². The molecule has 0 saturated heterocycles. The zero-order valence-electron chi connectivity index (χ0n) is 14.7. The third kappa shape index (κ3) is 3.74. The Balaban J connectivity index is 2.09. The lowest BCUT2D eigenvalue weighted by Crippen LogP contribution is -2.04. The highest BCUT2D eigenvalue weighted by molar-refractivity contribution is 7.91. The molecule has 29 heavy (non-hydrogen) atoms. The zero-order valence-corrected chi connectivity index (χ0v) is 18.5. The summed E-state index contributed by atoms with van der Waals surface area (Å²) in [4.78, 5) is 0.289. The first-order valence-electron chi connectivity index (χ1n) is 8.46. The molecule has 0 amide bonds. The number of hydrogen-bond acceptors (Lipinski definition) is 2. The molecular formula is C22H12Cl4O2S. The summed E-state index contributed by atoms with van der Waals surface area (Å²) in [6.45, 7) is 0. The van der Waals surface area contributed by atoms with E-state index >= 15 is 0 Å². The minimum atomic E-state index is -3.84. The molecule has 0 aliphatic heterocycles. The summed E-state index contributed by atoms with van der Waals surface area (Å²) in [5.74, 6) is 0. The summed E-state index contributed by atoms with van der Waals surface area (Å²) in [6.07, 6.45) is 0. The lowest BCUT2D eigenvalue weighted by Gasteiger charge is -2.15. The third-order valence-electron chi connectivity index (χ3n) is 4.59. The fraction of sp³-hybridized carbons (Fsp3) is 0. The highest BCUT2D eigenvalue weighted by atomic mass is 35.5. The molecule has 0 spiro atoms. The lowest BCUT2D eigenvalue weighted by molar-refractivity contribution is 0.596. The van der Waals surface area contributed by atoms with E-state index < -0.39 is 9.84 Å². The van der Waals surface area contributed by atoms with Crippen molar-refractivity contribution in [2.45, 2.75) is 9.79 Å². The average molecular weight is 482 g/mol. The first kappa shape index (κ1) is 20.5. The molecule has 0 atom stereocenters. The van der Waals surface area contributed by atoms with Gasteiger partial charge in [-0.2, -0.15) is 0 Å². The van der Waals surface area contributed by atoms with Gasteiger partial charge in [0.05, 0.1) is 19.8 Å². The number of rotatable bonds is 3. The molecule has 0 fully saturated rings. The smallest absolute Gasteiger partial charge is 0.207 e. The van der Waals surface area contributed by atoms with Gasteiger partial charge in [-0.3, -0.25) is 0 Å². The summed E-state index contributed by atoms with van der Waals surface area (Å²) >= 11 is 24.6. The molecule has 0 aromatic heterocycles. The van der Waals surface area contributed by atoms with Gasteiger partial charge in [-0.1, -0.05) is 70.7 Å². The molecular weight excluding hydrogens is 470 g/mol. The molecule has 0 aliphatic rings. The van der Waals surface area contributed by atoms with Crippen molar-refractivity contribution < 1.29 is 8.42 Å². The van der Waals surface area contributed by atoms with Crippen LogP contribution in [-0.4, -0.2) is 8.42 Å². The van der Waals surface area contributed by atoms with Gasteiger partial charge in [-0.15, -0.1) is 0 Å². The number of sulfone groups is 1. The zero-order chi connectivity index (χ0) is 20.8. The molecule has 0 radical (unpaired) electrons. The Hall–Kier alpha value is -1.75. The SMILES string of the molecule is O=S(=O)(c1ccc(Cl)cc1)c1ccc2c(Cl)cccc2c1-c1ccc(Cl)c(Cl)c1. The quantitative estimate of drug-likeness (QED) is 0.297. The molecule has 4 aromatic rings. The van der Waals surface area contributed by atoms with Gasteiger partial charge >= 0.3 is 0 Å². The maximum absolute atomic E-state index is 13.5. The Labute approximate surface area is 188 Å². The number of halogens is 4. The van der Waals surface area contributed by atoms with Crippen LogP contribution in [0.15, 0.2) is 82.6 Å². The Morgan fingerprint density at radius 1 is 0.621 bits per heavy atom. The molecule has 0 aliphatic carbocycles. The molecule has 146 valence electrons. The summed E-state index contributed by atoms with van der Waals surface area (Å²) in [6, 6.07) is 19.7. The van der Waals surface area contributed by atoms with Gasteiger partial charge in [0.25, 0.3) is 0 Å². The predicted octanol–water partition coefficient (Wildman–Crippen LogP) is 7.95. The van der Waals surface area contributed by atoms with Gasteiger partial charge in [-0.05, 0) is 59.5 Å². The first-order valence-corrected chi connectivity index (χ1v) is 11.5. The Morgan fingerprint density at radius 2 is 1.34 bits per heavy atom. The van der Waals surface area contributed by atoms with Crippen molar-refractivity contribution in [1.29, 1.82) is 0 Å². The number of benzene rings is 4. The van der Waals surface area contributed by atoms with Crippen molar-refractivity contribution >= 4 is 67.0 Å². The normalized spacial score (nSPS) is 11.7. The van der Waals surface area contributed by atoms with Crippen molar-refractivity contribution in [1.82, 2.24) is 0 Å². The van der Waals surface area contributed by atoms with E-state index in [2.05, 4.69) is 0 Å². The second-order valence-electron chi connectivity index (χ2n) is 6.36. The Morgan fingerprint density at radius 3 is 2.03 bits per heavy atom. The topological polar surface area (TPSA) is 34.1 Å². The standard InChI is InChI=1S/C22H12Cl4O2S/c23-14-5-7-15(8-6-14)29(27,28)21-11-9-16-17(2-1-3-18(16)24)22(21)13-4-10-19(25)20(26)12-13/h1-12H. The molecule has 4 aromatic carbocycles. The van der Waals surface area contributed by atoms with Crippen LogP contribution in [0.5, 0.6) is 0 Å². The van der Waals surface area contributed by atoms with Gasteiger partial charge in [0.15, 0.2) is 0 Å². The maximum Gasteiger partial charge on any atom is 0.207 e. The first-order chi connectivity index (χ1) is 13.8. The molecule has 7 heteroatoms. The van der Waals surface area contributed by atoms with Crippen LogP contribution in [-0.2, 0) is 9.84 Å². The van der Waals surface area contributed by atoms with Crippen molar-refractivity contribution in [3.05, 3.63) is 92.9 Å². The fourth-order valence-electron chi connectivity index (χ4n) is 3.21. The highest BCUT2D eigenvalue weighted by Crippen LogP contribution is 2.41. The maximum atomic E-state index is 13.5. The minimum absolute atomic E-state index is 0.143. The highest BCUT2D eigenvalue weighted by Gasteiger charge is 2.24. The van der Waals surface area contributed by atoms with Crippen LogP contribution in [0, 0.1) is 0 Å². The molecule has 0 bridgehead atoms. The van der Waals surface area contributed by atoms with Crippen LogP contribution in [0.25, 0.3) is 21.9 Å². The summed E-state index contributed by atoms with van der Waals surface area (Å²) in [7, 11) is -3.84. The van der Waals surface area contributed by atoms with E-state index in [4.69, 9.17) is 46.4 Å². The van der Waals surface area contributed by atoms with E-state index in [1.807, 2.05) is 6.07 Å². The van der Waals surface area contributed by atoms with E-state index in [1.165, 1.54) is 12.1 Å². The number of fused-ring (bicyclic) bond motifs is 1. The fourth-order valence-corrected chi connectivity index (χ4v) is 5.37. The average Bonchev–Trinajstić information content (AvgIpc) is 2.70. The van der Waals surface area contributed by atoms with Crippen LogP contribution in [0.4, 0.5) is 0 Å². The summed E-state index contributed by atoms with van der Waals surface area (Å²) in [5.41, 5.74) is 1.14. The lowest BCUT2D eigenvalue weighted by atomic mass is 9.98. The van der Waals surface area contributed by atoms with E-state index in [0.717, 1.165) is 5.39 Å². The largest absolute Gasteiger partial charge is 0.218 e. The van der Waals surface area contributed by atoms with Crippen LogP contribution in [0.1, 0.15) is 0 Å². The number of hydrogen-bond donors (Lipinski definition) is 0. The van der Waals surface area contributed by atoms with E-state index in [9.17, 15) is 8.42 Å². The molecule has 4 rings (SSSR count). The third-order valence-corrected chi connectivity index (χ3v) is 7.72. The van der Waals surface area contributed by atoms with E-state index in [-0.39, 0.29) is 9.79 Å². The van der Waals surface area contributed by atoms with Crippen LogP contribution < -0.4 is 0 Å². The monoisotopic (exact) mass is 480 g/mol. The summed E-state index contributed by atoms with van der Waals surface area (Å²) < 4.78 is 27.0. The molecule has 0 heterocycles.